The second kappa shape index (κ2) is 6.73. The highest BCUT2D eigenvalue weighted by Crippen LogP contribution is 2.23. The van der Waals surface area contributed by atoms with Gasteiger partial charge in [-0.25, -0.2) is 9.18 Å². The maximum absolute atomic E-state index is 13.1. The molecule has 0 aromatic heterocycles. The summed E-state index contributed by atoms with van der Waals surface area (Å²) in [5, 5.41) is 2.80. The maximum Gasteiger partial charge on any atom is 0.322 e. The molecule has 0 saturated carbocycles. The monoisotopic (exact) mass is 278 g/mol. The molecule has 1 heterocycles. The number of piperidine rings is 1. The van der Waals surface area contributed by atoms with Crippen LogP contribution in [0.5, 0.6) is 0 Å². The first kappa shape index (κ1) is 14.8. The lowest BCUT2D eigenvalue weighted by Crippen LogP contribution is -2.46. The van der Waals surface area contributed by atoms with Gasteiger partial charge in [0.05, 0.1) is 0 Å². The molecule has 2 amide bonds. The number of benzene rings is 1. The normalized spacial score (nSPS) is 19.2. The number of hydrogen-bond donors (Lipinski definition) is 1. The molecule has 0 radical (unpaired) electrons. The van der Waals surface area contributed by atoms with Gasteiger partial charge in [0, 0.05) is 18.3 Å². The van der Waals surface area contributed by atoms with Gasteiger partial charge in [0.1, 0.15) is 5.82 Å². The molecule has 1 aromatic carbocycles. The number of halogens is 1. The van der Waals surface area contributed by atoms with Crippen LogP contribution >= 0.6 is 0 Å². The Labute approximate surface area is 120 Å². The zero-order valence-electron chi connectivity index (χ0n) is 12.2. The number of hydrogen-bond acceptors (Lipinski definition) is 1. The summed E-state index contributed by atoms with van der Waals surface area (Å²) in [6.07, 6.45) is 4.32. The Morgan fingerprint density at radius 1 is 1.45 bits per heavy atom. The fourth-order valence-corrected chi connectivity index (χ4v) is 2.82. The zero-order valence-corrected chi connectivity index (χ0v) is 12.2. The van der Waals surface area contributed by atoms with Crippen molar-refractivity contribution in [3.05, 3.63) is 30.1 Å². The number of anilines is 1. The van der Waals surface area contributed by atoms with E-state index in [1.165, 1.54) is 18.6 Å². The van der Waals surface area contributed by atoms with Crippen molar-refractivity contribution in [2.24, 2.45) is 5.92 Å². The van der Waals surface area contributed by atoms with Crippen LogP contribution in [0.2, 0.25) is 0 Å². The molecule has 1 N–H and O–H groups in total. The van der Waals surface area contributed by atoms with Crippen molar-refractivity contribution < 1.29 is 9.18 Å². The van der Waals surface area contributed by atoms with Crippen LogP contribution in [0.4, 0.5) is 14.9 Å². The van der Waals surface area contributed by atoms with Crippen molar-refractivity contribution in [3.8, 4) is 0 Å². The summed E-state index contributed by atoms with van der Waals surface area (Å²) in [5.74, 6) is 0.239. The summed E-state index contributed by atoms with van der Waals surface area (Å²) in [7, 11) is 0. The maximum atomic E-state index is 13.1. The molecule has 1 fully saturated rings. The largest absolute Gasteiger partial charge is 0.322 e. The fraction of sp³-hybridized carbons (Fsp3) is 0.562. The van der Waals surface area contributed by atoms with Gasteiger partial charge < -0.3 is 10.2 Å². The molecule has 110 valence electrons. The van der Waals surface area contributed by atoms with E-state index in [0.717, 1.165) is 25.8 Å². The molecule has 0 aliphatic carbocycles. The van der Waals surface area contributed by atoms with E-state index in [0.29, 0.717) is 17.6 Å². The third kappa shape index (κ3) is 3.95. The van der Waals surface area contributed by atoms with Crippen molar-refractivity contribution in [1.82, 2.24) is 4.90 Å². The molecule has 3 nitrogen and oxygen atoms in total. The Morgan fingerprint density at radius 2 is 2.25 bits per heavy atom. The van der Waals surface area contributed by atoms with E-state index >= 15 is 0 Å². The first-order valence-corrected chi connectivity index (χ1v) is 7.39. The summed E-state index contributed by atoms with van der Waals surface area (Å²) in [5.41, 5.74) is 0.517. The quantitative estimate of drug-likeness (QED) is 0.880. The van der Waals surface area contributed by atoms with Crippen LogP contribution in [-0.4, -0.2) is 23.5 Å². The van der Waals surface area contributed by atoms with Gasteiger partial charge in [-0.2, -0.15) is 0 Å². The summed E-state index contributed by atoms with van der Waals surface area (Å²) in [4.78, 5) is 14.3. The minimum atomic E-state index is -0.333. The Bertz CT molecular complexity index is 462. The number of urea groups is 1. The fourth-order valence-electron chi connectivity index (χ4n) is 2.82. The van der Waals surface area contributed by atoms with Gasteiger partial charge in [0.2, 0.25) is 0 Å². The third-order valence-corrected chi connectivity index (χ3v) is 3.71. The lowest BCUT2D eigenvalue weighted by molar-refractivity contribution is 0.150. The second-order valence-corrected chi connectivity index (χ2v) is 5.91. The lowest BCUT2D eigenvalue weighted by Gasteiger charge is -2.36. The highest BCUT2D eigenvalue weighted by atomic mass is 19.1. The van der Waals surface area contributed by atoms with Gasteiger partial charge in [-0.15, -0.1) is 0 Å². The van der Waals surface area contributed by atoms with Crippen molar-refractivity contribution in [3.63, 3.8) is 0 Å². The minimum absolute atomic E-state index is 0.110. The number of amides is 2. The molecule has 1 aliphatic rings. The molecular formula is C16H23FN2O. The minimum Gasteiger partial charge on any atom is -0.322 e. The lowest BCUT2D eigenvalue weighted by atomic mass is 9.94. The molecule has 4 heteroatoms. The molecule has 20 heavy (non-hydrogen) atoms. The molecule has 1 atom stereocenters. The van der Waals surface area contributed by atoms with Crippen LogP contribution in [0.15, 0.2) is 24.3 Å². The summed E-state index contributed by atoms with van der Waals surface area (Å²) in [6.45, 7) is 5.15. The van der Waals surface area contributed by atoms with E-state index in [1.54, 1.807) is 12.1 Å². The van der Waals surface area contributed by atoms with Gasteiger partial charge in [-0.05, 0) is 49.8 Å². The van der Waals surface area contributed by atoms with Crippen LogP contribution in [-0.2, 0) is 0 Å². The second-order valence-electron chi connectivity index (χ2n) is 5.91. The van der Waals surface area contributed by atoms with E-state index < -0.39 is 0 Å². The Hall–Kier alpha value is -1.58. The molecule has 1 saturated heterocycles. The van der Waals surface area contributed by atoms with Gasteiger partial charge in [-0.3, -0.25) is 0 Å². The number of carbonyl (C=O) groups excluding carboxylic acids is 1. The molecular weight excluding hydrogens is 255 g/mol. The number of rotatable bonds is 3. The highest BCUT2D eigenvalue weighted by Gasteiger charge is 2.27. The van der Waals surface area contributed by atoms with E-state index in [1.807, 2.05) is 4.90 Å². The first-order valence-electron chi connectivity index (χ1n) is 7.39. The van der Waals surface area contributed by atoms with Crippen molar-refractivity contribution in [2.45, 2.75) is 45.6 Å². The summed E-state index contributed by atoms with van der Waals surface area (Å²) >= 11 is 0. The van der Waals surface area contributed by atoms with Crippen LogP contribution in [0.3, 0.4) is 0 Å². The SMILES string of the molecule is CC(C)C[C@@H]1CCCCN1C(=O)Nc1cccc(F)c1. The van der Waals surface area contributed by atoms with Crippen LogP contribution in [0, 0.1) is 11.7 Å². The van der Waals surface area contributed by atoms with E-state index in [9.17, 15) is 9.18 Å². The topological polar surface area (TPSA) is 32.3 Å². The zero-order chi connectivity index (χ0) is 14.5. The third-order valence-electron chi connectivity index (χ3n) is 3.71. The van der Waals surface area contributed by atoms with E-state index in [-0.39, 0.29) is 11.8 Å². The molecule has 0 unspecified atom stereocenters. The average molecular weight is 278 g/mol. The number of nitrogens with zero attached hydrogens (tertiary/aromatic N) is 1. The average Bonchev–Trinajstić information content (AvgIpc) is 2.38. The molecule has 0 spiro atoms. The highest BCUT2D eigenvalue weighted by molar-refractivity contribution is 5.89. The number of likely N-dealkylation sites (tertiary alicyclic amines) is 1. The van der Waals surface area contributed by atoms with Gasteiger partial charge in [0.15, 0.2) is 0 Å². The predicted octanol–water partition coefficient (Wildman–Crippen LogP) is 4.26. The predicted molar refractivity (Wildman–Crippen MR) is 79.2 cm³/mol. The van der Waals surface area contributed by atoms with Gasteiger partial charge in [0.25, 0.3) is 0 Å². The van der Waals surface area contributed by atoms with Crippen LogP contribution in [0.25, 0.3) is 0 Å². The molecule has 2 rings (SSSR count). The molecule has 1 aromatic rings. The van der Waals surface area contributed by atoms with Crippen molar-refractivity contribution in [1.29, 1.82) is 0 Å². The van der Waals surface area contributed by atoms with Gasteiger partial charge >= 0.3 is 6.03 Å². The van der Waals surface area contributed by atoms with E-state index in [4.69, 9.17) is 0 Å². The number of nitrogens with one attached hydrogen (secondary N) is 1. The molecule has 1 aliphatic heterocycles. The Morgan fingerprint density at radius 3 is 2.95 bits per heavy atom. The first-order chi connectivity index (χ1) is 9.56. The standard InChI is InChI=1S/C16H23FN2O/c1-12(2)10-15-8-3-4-9-19(15)16(20)18-14-7-5-6-13(17)11-14/h5-7,11-12,15H,3-4,8-10H2,1-2H3,(H,18,20)/t15-/m0/s1. The summed E-state index contributed by atoms with van der Waals surface area (Å²) < 4.78 is 13.1. The van der Waals surface area contributed by atoms with Gasteiger partial charge in [-0.1, -0.05) is 19.9 Å². The van der Waals surface area contributed by atoms with E-state index in [2.05, 4.69) is 19.2 Å². The summed E-state index contributed by atoms with van der Waals surface area (Å²) in [6, 6.07) is 6.23. The van der Waals surface area contributed by atoms with Crippen LogP contribution in [0.1, 0.15) is 39.5 Å². The Kier molecular flexibility index (Phi) is 4.99. The molecule has 0 bridgehead atoms. The number of carbonyl (C=O) groups is 1. The van der Waals surface area contributed by atoms with Crippen molar-refractivity contribution in [2.75, 3.05) is 11.9 Å². The van der Waals surface area contributed by atoms with Crippen molar-refractivity contribution >= 4 is 11.7 Å². The Balaban J connectivity index is 2.02. The van der Waals surface area contributed by atoms with Crippen LogP contribution < -0.4 is 5.32 Å². The smallest absolute Gasteiger partial charge is 0.322 e.